The molecule has 0 radical (unpaired) electrons. The minimum Gasteiger partial charge on any atom is -0.490 e. The summed E-state index contributed by atoms with van der Waals surface area (Å²) in [4.78, 5) is 18.6. The van der Waals surface area contributed by atoms with Gasteiger partial charge in [0.15, 0.2) is 6.10 Å². The van der Waals surface area contributed by atoms with Gasteiger partial charge in [0.25, 0.3) is 5.91 Å². The van der Waals surface area contributed by atoms with E-state index in [0.29, 0.717) is 13.1 Å². The van der Waals surface area contributed by atoms with Crippen molar-refractivity contribution in [1.82, 2.24) is 9.88 Å². The van der Waals surface area contributed by atoms with Gasteiger partial charge in [-0.2, -0.15) is 0 Å². The highest BCUT2D eigenvalue weighted by atomic mass is 16.5. The number of likely N-dealkylation sites (tertiary alicyclic amines) is 1. The number of ether oxygens (including phenoxy) is 2. The highest BCUT2D eigenvalue weighted by Gasteiger charge is 2.29. The second-order valence-corrected chi connectivity index (χ2v) is 5.85. The van der Waals surface area contributed by atoms with E-state index >= 15 is 0 Å². The van der Waals surface area contributed by atoms with E-state index in [1.165, 1.54) is 0 Å². The molecule has 2 heterocycles. The van der Waals surface area contributed by atoms with E-state index < -0.39 is 6.10 Å². The summed E-state index contributed by atoms with van der Waals surface area (Å²) < 4.78 is 11.4. The number of piperidine rings is 1. The monoisotopic (exact) mass is 326 g/mol. The normalized spacial score (nSPS) is 16.6. The zero-order chi connectivity index (χ0) is 16.8. The van der Waals surface area contributed by atoms with Crippen molar-refractivity contribution in [2.45, 2.75) is 25.0 Å². The van der Waals surface area contributed by atoms with Gasteiger partial charge in [-0.3, -0.25) is 9.78 Å². The number of pyridine rings is 1. The number of amides is 1. The van der Waals surface area contributed by atoms with Crippen LogP contribution in [0.25, 0.3) is 0 Å². The van der Waals surface area contributed by atoms with E-state index in [4.69, 9.17) is 9.47 Å². The van der Waals surface area contributed by atoms with Crippen molar-refractivity contribution in [3.05, 3.63) is 60.4 Å². The van der Waals surface area contributed by atoms with Crippen molar-refractivity contribution >= 4 is 5.91 Å². The summed E-state index contributed by atoms with van der Waals surface area (Å²) in [7, 11) is 1.58. The Hall–Kier alpha value is -2.40. The molecule has 5 heteroatoms. The summed E-state index contributed by atoms with van der Waals surface area (Å²) in [6, 6.07) is 13.3. The molecular weight excluding hydrogens is 304 g/mol. The molecular formula is C19H22N2O3. The molecule has 0 aliphatic carbocycles. The first kappa shape index (κ1) is 16.5. The maximum absolute atomic E-state index is 12.7. The van der Waals surface area contributed by atoms with Crippen LogP contribution >= 0.6 is 0 Å². The Morgan fingerprint density at radius 2 is 1.79 bits per heavy atom. The molecule has 2 aromatic rings. The molecule has 0 unspecified atom stereocenters. The quantitative estimate of drug-likeness (QED) is 0.848. The van der Waals surface area contributed by atoms with E-state index in [1.54, 1.807) is 19.5 Å². The van der Waals surface area contributed by atoms with E-state index in [2.05, 4.69) is 4.98 Å². The first-order valence-electron chi connectivity index (χ1n) is 8.21. The molecule has 0 bridgehead atoms. The summed E-state index contributed by atoms with van der Waals surface area (Å²) in [6.07, 6.45) is 4.67. The van der Waals surface area contributed by atoms with Crippen LogP contribution in [0, 0.1) is 0 Å². The smallest absolute Gasteiger partial charge is 0.256 e. The van der Waals surface area contributed by atoms with Gasteiger partial charge in [-0.05, 0) is 17.7 Å². The predicted octanol–water partition coefficient (Wildman–Crippen LogP) is 2.84. The number of carbonyl (C=O) groups is 1. The lowest BCUT2D eigenvalue weighted by atomic mass is 10.0. The molecule has 126 valence electrons. The lowest BCUT2D eigenvalue weighted by Crippen LogP contribution is -2.44. The van der Waals surface area contributed by atoms with Gasteiger partial charge in [-0.25, -0.2) is 0 Å². The number of rotatable bonds is 5. The summed E-state index contributed by atoms with van der Waals surface area (Å²) >= 11 is 0. The lowest BCUT2D eigenvalue weighted by molar-refractivity contribution is -0.144. The van der Waals surface area contributed by atoms with Crippen LogP contribution in [0.2, 0.25) is 0 Å². The molecule has 24 heavy (non-hydrogen) atoms. The summed E-state index contributed by atoms with van der Waals surface area (Å²) in [5.74, 6) is 0.847. The fourth-order valence-corrected chi connectivity index (χ4v) is 2.98. The average Bonchev–Trinajstić information content (AvgIpc) is 2.65. The number of methoxy groups -OCH3 is 1. The molecule has 3 rings (SSSR count). The van der Waals surface area contributed by atoms with Gasteiger partial charge in [0.05, 0.1) is 0 Å². The number of carbonyl (C=O) groups excluding carboxylic acids is 1. The van der Waals surface area contributed by atoms with Crippen LogP contribution < -0.4 is 4.74 Å². The van der Waals surface area contributed by atoms with Gasteiger partial charge in [-0.15, -0.1) is 0 Å². The van der Waals surface area contributed by atoms with Crippen molar-refractivity contribution in [2.24, 2.45) is 0 Å². The molecule has 1 aromatic heterocycles. The number of nitrogens with zero attached hydrogens (tertiary/aromatic N) is 2. The van der Waals surface area contributed by atoms with Crippen molar-refractivity contribution in [2.75, 3.05) is 20.2 Å². The molecule has 1 saturated heterocycles. The Balaban J connectivity index is 1.56. The van der Waals surface area contributed by atoms with Crippen LogP contribution in [0.15, 0.2) is 54.9 Å². The van der Waals surface area contributed by atoms with Crippen LogP contribution in [-0.4, -0.2) is 42.1 Å². The van der Waals surface area contributed by atoms with Crippen LogP contribution in [0.5, 0.6) is 5.75 Å². The highest BCUT2D eigenvalue weighted by molar-refractivity contribution is 5.82. The minimum atomic E-state index is -0.538. The SMILES string of the molecule is CO[C@@H](C(=O)N1CCC(Oc2ccncc2)CC1)c1ccccc1. The van der Waals surface area contributed by atoms with Gasteiger partial charge < -0.3 is 14.4 Å². The van der Waals surface area contributed by atoms with E-state index in [1.807, 2.05) is 47.4 Å². The Kier molecular flexibility index (Phi) is 5.43. The van der Waals surface area contributed by atoms with Gasteiger partial charge in [0.1, 0.15) is 11.9 Å². The molecule has 0 spiro atoms. The molecule has 1 aliphatic rings. The standard InChI is InChI=1S/C19H22N2O3/c1-23-18(15-5-3-2-4-6-15)19(22)21-13-9-17(10-14-21)24-16-7-11-20-12-8-16/h2-8,11-12,17-18H,9-10,13-14H2,1H3/t18-/m1/s1. The van der Waals surface area contributed by atoms with Gasteiger partial charge >= 0.3 is 0 Å². The Morgan fingerprint density at radius 3 is 2.42 bits per heavy atom. The third kappa shape index (κ3) is 3.92. The topological polar surface area (TPSA) is 51.7 Å². The average molecular weight is 326 g/mol. The van der Waals surface area contributed by atoms with Crippen molar-refractivity contribution in [3.63, 3.8) is 0 Å². The molecule has 1 amide bonds. The number of benzene rings is 1. The van der Waals surface area contributed by atoms with Gasteiger partial charge in [-0.1, -0.05) is 30.3 Å². The number of hydrogen-bond donors (Lipinski definition) is 0. The van der Waals surface area contributed by atoms with Crippen LogP contribution in [0.1, 0.15) is 24.5 Å². The molecule has 5 nitrogen and oxygen atoms in total. The van der Waals surface area contributed by atoms with E-state index in [9.17, 15) is 4.79 Å². The molecule has 0 saturated carbocycles. The second-order valence-electron chi connectivity index (χ2n) is 5.85. The van der Waals surface area contributed by atoms with Crippen LogP contribution in [0.3, 0.4) is 0 Å². The third-order valence-electron chi connectivity index (χ3n) is 4.27. The summed E-state index contributed by atoms with van der Waals surface area (Å²) in [6.45, 7) is 1.36. The van der Waals surface area contributed by atoms with Crippen molar-refractivity contribution < 1.29 is 14.3 Å². The zero-order valence-corrected chi connectivity index (χ0v) is 13.8. The molecule has 1 fully saturated rings. The van der Waals surface area contributed by atoms with Crippen molar-refractivity contribution in [1.29, 1.82) is 0 Å². The maximum Gasteiger partial charge on any atom is 0.256 e. The number of aromatic nitrogens is 1. The first-order chi connectivity index (χ1) is 11.8. The van der Waals surface area contributed by atoms with Gasteiger partial charge in [0.2, 0.25) is 0 Å². The first-order valence-corrected chi connectivity index (χ1v) is 8.21. The minimum absolute atomic E-state index is 0.0195. The van der Waals surface area contributed by atoms with Crippen molar-refractivity contribution in [3.8, 4) is 5.75 Å². The molecule has 0 N–H and O–H groups in total. The Labute approximate surface area is 142 Å². The molecule has 1 atom stereocenters. The zero-order valence-electron chi connectivity index (χ0n) is 13.8. The van der Waals surface area contributed by atoms with Crippen LogP contribution in [0.4, 0.5) is 0 Å². The number of hydrogen-bond acceptors (Lipinski definition) is 4. The highest BCUT2D eigenvalue weighted by Crippen LogP contribution is 2.23. The fourth-order valence-electron chi connectivity index (χ4n) is 2.98. The molecule has 1 aromatic carbocycles. The van der Waals surface area contributed by atoms with E-state index in [0.717, 1.165) is 24.2 Å². The Bertz CT molecular complexity index is 640. The predicted molar refractivity (Wildman–Crippen MR) is 90.7 cm³/mol. The lowest BCUT2D eigenvalue weighted by Gasteiger charge is -2.34. The summed E-state index contributed by atoms with van der Waals surface area (Å²) in [5.41, 5.74) is 0.889. The fraction of sp³-hybridized carbons (Fsp3) is 0.368. The second kappa shape index (κ2) is 7.93. The van der Waals surface area contributed by atoms with Gasteiger partial charge in [0, 0.05) is 45.4 Å². The van der Waals surface area contributed by atoms with Crippen LogP contribution in [-0.2, 0) is 9.53 Å². The third-order valence-corrected chi connectivity index (χ3v) is 4.27. The largest absolute Gasteiger partial charge is 0.490 e. The summed E-state index contributed by atoms with van der Waals surface area (Å²) in [5, 5.41) is 0. The van der Waals surface area contributed by atoms with E-state index in [-0.39, 0.29) is 12.0 Å². The maximum atomic E-state index is 12.7. The Morgan fingerprint density at radius 1 is 1.12 bits per heavy atom. The molecule has 1 aliphatic heterocycles.